The largest absolute Gasteiger partial charge is 0.435 e. The Morgan fingerprint density at radius 1 is 1.10 bits per heavy atom. The van der Waals surface area contributed by atoms with E-state index >= 15 is 0 Å². The lowest BCUT2D eigenvalue weighted by Gasteiger charge is -2.22. The zero-order valence-electron chi connectivity index (χ0n) is 16.2. The predicted octanol–water partition coefficient (Wildman–Crippen LogP) is 2.40. The molecular weight excluding hydrogens is 414 g/mol. The standard InChI is InChI=1S/C20H18F2N4O5/c1-20(12-7-9-14(10-8-12)31-17(21)22)16(28)26(19(30)25-20)11-15(27)24-18(29)23-13-5-3-2-4-6-13/h2-10,17H,11H2,1H3,(H,25,30)(H2,23,24,27,29). The first-order chi connectivity index (χ1) is 14.7. The van der Waals surface area contributed by atoms with E-state index < -0.39 is 42.6 Å². The van der Waals surface area contributed by atoms with Gasteiger partial charge in [0.25, 0.3) is 5.91 Å². The molecule has 1 aliphatic heterocycles. The van der Waals surface area contributed by atoms with Gasteiger partial charge in [-0.1, -0.05) is 30.3 Å². The molecule has 0 spiro atoms. The number of rotatable bonds is 6. The maximum atomic E-state index is 12.8. The number of carbonyl (C=O) groups is 4. The molecule has 0 aromatic heterocycles. The second-order valence-electron chi connectivity index (χ2n) is 6.72. The Labute approximate surface area is 175 Å². The number of imide groups is 2. The molecule has 11 heteroatoms. The van der Waals surface area contributed by atoms with Crippen LogP contribution >= 0.6 is 0 Å². The lowest BCUT2D eigenvalue weighted by Crippen LogP contribution is -2.45. The predicted molar refractivity (Wildman–Crippen MR) is 104 cm³/mol. The first-order valence-electron chi connectivity index (χ1n) is 9.04. The van der Waals surface area contributed by atoms with E-state index in [2.05, 4.69) is 15.4 Å². The van der Waals surface area contributed by atoms with Crippen molar-refractivity contribution in [3.8, 4) is 5.75 Å². The Morgan fingerprint density at radius 2 is 1.74 bits per heavy atom. The Hall–Kier alpha value is -4.02. The van der Waals surface area contributed by atoms with Crippen LogP contribution in [0.2, 0.25) is 0 Å². The lowest BCUT2D eigenvalue weighted by molar-refractivity contribution is -0.134. The highest BCUT2D eigenvalue weighted by atomic mass is 19.3. The molecule has 1 aliphatic rings. The number of halogens is 2. The minimum absolute atomic E-state index is 0.111. The molecule has 2 aromatic carbocycles. The Balaban J connectivity index is 1.64. The minimum Gasteiger partial charge on any atom is -0.435 e. The second kappa shape index (κ2) is 8.78. The summed E-state index contributed by atoms with van der Waals surface area (Å²) >= 11 is 0. The maximum Gasteiger partial charge on any atom is 0.387 e. The van der Waals surface area contributed by atoms with Crippen LogP contribution in [0.5, 0.6) is 5.75 Å². The van der Waals surface area contributed by atoms with Gasteiger partial charge in [0, 0.05) is 5.69 Å². The molecule has 0 aliphatic carbocycles. The molecule has 3 N–H and O–H groups in total. The average molecular weight is 432 g/mol. The van der Waals surface area contributed by atoms with Crippen LogP contribution in [-0.4, -0.2) is 41.9 Å². The van der Waals surface area contributed by atoms with Crippen LogP contribution < -0.4 is 20.7 Å². The first kappa shape index (κ1) is 21.7. The average Bonchev–Trinajstić information content (AvgIpc) is 2.92. The number of carbonyl (C=O) groups excluding carboxylic acids is 4. The molecule has 0 bridgehead atoms. The van der Waals surface area contributed by atoms with Gasteiger partial charge in [-0.15, -0.1) is 0 Å². The van der Waals surface area contributed by atoms with Crippen molar-refractivity contribution in [2.75, 3.05) is 11.9 Å². The normalized spacial score (nSPS) is 18.0. The minimum atomic E-state index is -3.00. The molecule has 162 valence electrons. The van der Waals surface area contributed by atoms with Crippen LogP contribution in [0.25, 0.3) is 0 Å². The molecule has 6 amide bonds. The Bertz CT molecular complexity index is 1000. The monoisotopic (exact) mass is 432 g/mol. The fourth-order valence-corrected chi connectivity index (χ4v) is 3.00. The molecule has 1 unspecified atom stereocenters. The summed E-state index contributed by atoms with van der Waals surface area (Å²) in [6, 6.07) is 11.9. The fraction of sp³-hybridized carbons (Fsp3) is 0.200. The van der Waals surface area contributed by atoms with Crippen molar-refractivity contribution >= 4 is 29.6 Å². The van der Waals surface area contributed by atoms with Gasteiger partial charge < -0.3 is 15.4 Å². The van der Waals surface area contributed by atoms with Gasteiger partial charge >= 0.3 is 18.7 Å². The number of nitrogens with one attached hydrogen (secondary N) is 3. The topological polar surface area (TPSA) is 117 Å². The third kappa shape index (κ3) is 4.94. The van der Waals surface area contributed by atoms with E-state index in [1.165, 1.54) is 31.2 Å². The highest BCUT2D eigenvalue weighted by Gasteiger charge is 2.49. The Kier molecular flexibility index (Phi) is 6.14. The SMILES string of the molecule is CC1(c2ccc(OC(F)F)cc2)NC(=O)N(CC(=O)NC(=O)Nc2ccccc2)C1=O. The van der Waals surface area contributed by atoms with Gasteiger partial charge in [-0.05, 0) is 36.8 Å². The van der Waals surface area contributed by atoms with E-state index in [1.807, 2.05) is 5.32 Å². The number of amides is 6. The molecule has 1 saturated heterocycles. The number of hydrogen-bond donors (Lipinski definition) is 3. The number of nitrogens with zero attached hydrogens (tertiary/aromatic N) is 1. The summed E-state index contributed by atoms with van der Waals surface area (Å²) in [5, 5.41) is 6.95. The first-order valence-corrected chi connectivity index (χ1v) is 9.04. The van der Waals surface area contributed by atoms with E-state index in [1.54, 1.807) is 30.3 Å². The zero-order chi connectivity index (χ0) is 22.6. The summed E-state index contributed by atoms with van der Waals surface area (Å²) in [6.07, 6.45) is 0. The number of ether oxygens (including phenoxy) is 1. The molecule has 0 saturated carbocycles. The van der Waals surface area contributed by atoms with E-state index in [0.29, 0.717) is 16.2 Å². The number of benzene rings is 2. The quantitative estimate of drug-likeness (QED) is 0.606. The number of anilines is 1. The molecule has 9 nitrogen and oxygen atoms in total. The summed E-state index contributed by atoms with van der Waals surface area (Å²) in [4.78, 5) is 49.8. The van der Waals surface area contributed by atoms with Crippen molar-refractivity contribution < 1.29 is 32.7 Å². The summed E-state index contributed by atoms with van der Waals surface area (Å²) in [6.45, 7) is -2.27. The maximum absolute atomic E-state index is 12.8. The van der Waals surface area contributed by atoms with E-state index in [4.69, 9.17) is 0 Å². The van der Waals surface area contributed by atoms with Crippen LogP contribution in [0, 0.1) is 0 Å². The Morgan fingerprint density at radius 3 is 2.35 bits per heavy atom. The van der Waals surface area contributed by atoms with Crippen LogP contribution in [0.4, 0.5) is 24.1 Å². The summed E-state index contributed by atoms with van der Waals surface area (Å²) in [5.41, 5.74) is -0.764. The third-order valence-electron chi connectivity index (χ3n) is 4.52. The molecule has 31 heavy (non-hydrogen) atoms. The van der Waals surface area contributed by atoms with E-state index in [-0.39, 0.29) is 5.75 Å². The molecule has 1 fully saturated rings. The second-order valence-corrected chi connectivity index (χ2v) is 6.72. The van der Waals surface area contributed by atoms with Crippen LogP contribution in [0.15, 0.2) is 54.6 Å². The molecular formula is C20H18F2N4O5. The number of alkyl halides is 2. The smallest absolute Gasteiger partial charge is 0.387 e. The zero-order valence-corrected chi connectivity index (χ0v) is 16.2. The van der Waals surface area contributed by atoms with Crippen molar-refractivity contribution in [1.29, 1.82) is 0 Å². The fourth-order valence-electron chi connectivity index (χ4n) is 3.00. The van der Waals surface area contributed by atoms with Crippen molar-refractivity contribution in [2.45, 2.75) is 19.1 Å². The number of urea groups is 2. The van der Waals surface area contributed by atoms with Gasteiger partial charge in [0.15, 0.2) is 0 Å². The van der Waals surface area contributed by atoms with Gasteiger partial charge in [0.05, 0.1) is 0 Å². The van der Waals surface area contributed by atoms with Crippen LogP contribution in [0.1, 0.15) is 12.5 Å². The third-order valence-corrected chi connectivity index (χ3v) is 4.52. The highest BCUT2D eigenvalue weighted by molar-refractivity contribution is 6.10. The molecule has 2 aromatic rings. The molecule has 1 atom stereocenters. The van der Waals surface area contributed by atoms with E-state index in [9.17, 15) is 28.0 Å². The van der Waals surface area contributed by atoms with Gasteiger partial charge in [-0.3, -0.25) is 19.8 Å². The number of hydrogen-bond acceptors (Lipinski definition) is 5. The van der Waals surface area contributed by atoms with Gasteiger partial charge in [0.2, 0.25) is 5.91 Å². The van der Waals surface area contributed by atoms with Crippen molar-refractivity contribution in [3.05, 3.63) is 60.2 Å². The van der Waals surface area contributed by atoms with Crippen molar-refractivity contribution in [3.63, 3.8) is 0 Å². The van der Waals surface area contributed by atoms with Crippen molar-refractivity contribution in [2.24, 2.45) is 0 Å². The van der Waals surface area contributed by atoms with Crippen LogP contribution in [0.3, 0.4) is 0 Å². The number of para-hydroxylation sites is 1. The van der Waals surface area contributed by atoms with Crippen molar-refractivity contribution in [1.82, 2.24) is 15.5 Å². The van der Waals surface area contributed by atoms with Crippen LogP contribution in [-0.2, 0) is 15.1 Å². The highest BCUT2D eigenvalue weighted by Crippen LogP contribution is 2.30. The summed E-state index contributed by atoms with van der Waals surface area (Å²) < 4.78 is 28.8. The van der Waals surface area contributed by atoms with E-state index in [0.717, 1.165) is 0 Å². The van der Waals surface area contributed by atoms with Gasteiger partial charge in [-0.2, -0.15) is 8.78 Å². The molecule has 3 rings (SSSR count). The summed E-state index contributed by atoms with van der Waals surface area (Å²) in [7, 11) is 0. The molecule has 1 heterocycles. The molecule has 0 radical (unpaired) electrons. The van der Waals surface area contributed by atoms with Gasteiger partial charge in [0.1, 0.15) is 17.8 Å². The summed E-state index contributed by atoms with van der Waals surface area (Å²) in [5.74, 6) is -1.72. The van der Waals surface area contributed by atoms with Gasteiger partial charge in [-0.25, -0.2) is 9.59 Å². The lowest BCUT2D eigenvalue weighted by atomic mass is 9.92.